The Balaban J connectivity index is 1.62. The summed E-state index contributed by atoms with van der Waals surface area (Å²) < 4.78 is 27.6. The lowest BCUT2D eigenvalue weighted by Gasteiger charge is -2.50. The maximum atomic E-state index is 12.4. The number of piperidine rings is 1. The van der Waals surface area contributed by atoms with Crippen LogP contribution in [0.15, 0.2) is 30.3 Å². The number of hydrogen-bond donors (Lipinski definition) is 2. The molecule has 120 valence electrons. The standard InChI is InChI=1S/C16H22N2O3S/c19-15-8-7-14(16(17-15)10-4-11-16)18-22(20,21)12-9-13-5-2-1-3-6-13/h1-3,5-6,14,18H,4,7-12H2,(H,17,19)/t14-/m1/s1. The van der Waals surface area contributed by atoms with Gasteiger partial charge in [-0.3, -0.25) is 4.79 Å². The SMILES string of the molecule is O=C1CC[C@@H](NS(=O)(=O)CCc2ccccc2)C2(CCC2)N1. The Kier molecular flexibility index (Phi) is 4.23. The van der Waals surface area contributed by atoms with E-state index in [2.05, 4.69) is 10.0 Å². The van der Waals surface area contributed by atoms with Gasteiger partial charge >= 0.3 is 0 Å². The molecule has 1 aromatic carbocycles. The number of rotatable bonds is 5. The lowest BCUT2D eigenvalue weighted by molar-refractivity contribution is -0.127. The van der Waals surface area contributed by atoms with Gasteiger partial charge in [-0.1, -0.05) is 30.3 Å². The van der Waals surface area contributed by atoms with E-state index in [1.807, 2.05) is 30.3 Å². The van der Waals surface area contributed by atoms with Crippen molar-refractivity contribution in [2.45, 2.75) is 50.1 Å². The van der Waals surface area contributed by atoms with E-state index in [0.717, 1.165) is 24.8 Å². The van der Waals surface area contributed by atoms with Crippen molar-refractivity contribution in [3.05, 3.63) is 35.9 Å². The third-order valence-electron chi connectivity index (χ3n) is 4.79. The number of carbonyl (C=O) groups is 1. The molecule has 5 nitrogen and oxygen atoms in total. The van der Waals surface area contributed by atoms with E-state index in [0.29, 0.717) is 19.3 Å². The minimum atomic E-state index is -3.35. The molecular weight excluding hydrogens is 300 g/mol. The molecule has 6 heteroatoms. The highest BCUT2D eigenvalue weighted by Gasteiger charge is 2.48. The third kappa shape index (κ3) is 3.33. The van der Waals surface area contributed by atoms with Crippen molar-refractivity contribution >= 4 is 15.9 Å². The molecule has 0 bridgehead atoms. The highest BCUT2D eigenvalue weighted by molar-refractivity contribution is 7.89. The number of aryl methyl sites for hydroxylation is 1. The largest absolute Gasteiger partial charge is 0.349 e. The maximum Gasteiger partial charge on any atom is 0.220 e. The van der Waals surface area contributed by atoms with E-state index in [-0.39, 0.29) is 23.2 Å². The Labute approximate surface area is 131 Å². The molecule has 1 aliphatic carbocycles. The Morgan fingerprint density at radius 1 is 1.23 bits per heavy atom. The molecule has 1 saturated carbocycles. The summed E-state index contributed by atoms with van der Waals surface area (Å²) >= 11 is 0. The maximum absolute atomic E-state index is 12.4. The highest BCUT2D eigenvalue weighted by atomic mass is 32.2. The van der Waals surface area contributed by atoms with Crippen LogP contribution in [0.1, 0.15) is 37.7 Å². The molecular formula is C16H22N2O3S. The second-order valence-electron chi connectivity index (χ2n) is 6.32. The minimum Gasteiger partial charge on any atom is -0.349 e. The van der Waals surface area contributed by atoms with Crippen LogP contribution in [0.25, 0.3) is 0 Å². The van der Waals surface area contributed by atoms with Crippen molar-refractivity contribution < 1.29 is 13.2 Å². The van der Waals surface area contributed by atoms with E-state index in [4.69, 9.17) is 0 Å². The first-order chi connectivity index (χ1) is 10.5. The summed E-state index contributed by atoms with van der Waals surface area (Å²) in [5.74, 6) is 0.122. The monoisotopic (exact) mass is 322 g/mol. The van der Waals surface area contributed by atoms with Gasteiger partial charge in [0, 0.05) is 12.5 Å². The van der Waals surface area contributed by atoms with Crippen LogP contribution in [0.2, 0.25) is 0 Å². The van der Waals surface area contributed by atoms with Gasteiger partial charge in [0.25, 0.3) is 0 Å². The van der Waals surface area contributed by atoms with E-state index in [9.17, 15) is 13.2 Å². The molecule has 1 saturated heterocycles. The van der Waals surface area contributed by atoms with Gasteiger partial charge in [0.15, 0.2) is 0 Å². The average molecular weight is 322 g/mol. The Morgan fingerprint density at radius 3 is 2.59 bits per heavy atom. The normalized spacial score (nSPS) is 23.8. The number of sulfonamides is 1. The van der Waals surface area contributed by atoms with Crippen LogP contribution in [-0.2, 0) is 21.2 Å². The van der Waals surface area contributed by atoms with Crippen LogP contribution < -0.4 is 10.0 Å². The molecule has 1 amide bonds. The van der Waals surface area contributed by atoms with Crippen LogP contribution in [-0.4, -0.2) is 31.7 Å². The van der Waals surface area contributed by atoms with Gasteiger partial charge in [0.1, 0.15) is 0 Å². The number of amides is 1. The Bertz CT molecular complexity index is 639. The van der Waals surface area contributed by atoms with Gasteiger partial charge < -0.3 is 5.32 Å². The first kappa shape index (κ1) is 15.5. The van der Waals surface area contributed by atoms with Crippen LogP contribution in [0, 0.1) is 0 Å². The minimum absolute atomic E-state index is 0.0411. The molecule has 1 aromatic rings. The van der Waals surface area contributed by atoms with Crippen LogP contribution in [0.3, 0.4) is 0 Å². The first-order valence-electron chi connectivity index (χ1n) is 7.84. The zero-order valence-corrected chi connectivity index (χ0v) is 13.4. The summed E-state index contributed by atoms with van der Waals surface area (Å²) in [6.45, 7) is 0. The van der Waals surface area contributed by atoms with Crippen molar-refractivity contribution in [3.8, 4) is 0 Å². The predicted octanol–water partition coefficient (Wildman–Crippen LogP) is 1.35. The third-order valence-corrected chi connectivity index (χ3v) is 6.17. The molecule has 2 N–H and O–H groups in total. The van der Waals surface area contributed by atoms with Gasteiger partial charge in [-0.25, -0.2) is 13.1 Å². The van der Waals surface area contributed by atoms with Crippen molar-refractivity contribution in [1.29, 1.82) is 0 Å². The Morgan fingerprint density at radius 2 is 1.95 bits per heavy atom. The summed E-state index contributed by atoms with van der Waals surface area (Å²) in [6.07, 6.45) is 4.27. The molecule has 1 spiro atoms. The summed E-state index contributed by atoms with van der Waals surface area (Å²) in [7, 11) is -3.35. The number of hydrogen-bond acceptors (Lipinski definition) is 3. The van der Waals surface area contributed by atoms with Crippen LogP contribution in [0.4, 0.5) is 0 Å². The number of benzene rings is 1. The predicted molar refractivity (Wildman–Crippen MR) is 84.8 cm³/mol. The number of nitrogens with one attached hydrogen (secondary N) is 2. The van der Waals surface area contributed by atoms with E-state index < -0.39 is 10.0 Å². The van der Waals surface area contributed by atoms with Gasteiger partial charge in [-0.2, -0.15) is 0 Å². The van der Waals surface area contributed by atoms with E-state index in [1.165, 1.54) is 0 Å². The lowest BCUT2D eigenvalue weighted by Crippen LogP contribution is -2.68. The molecule has 22 heavy (non-hydrogen) atoms. The molecule has 2 fully saturated rings. The second kappa shape index (κ2) is 6.01. The fourth-order valence-electron chi connectivity index (χ4n) is 3.35. The average Bonchev–Trinajstić information content (AvgIpc) is 2.46. The fraction of sp³-hybridized carbons (Fsp3) is 0.562. The summed E-state index contributed by atoms with van der Waals surface area (Å²) in [4.78, 5) is 11.6. The van der Waals surface area contributed by atoms with Gasteiger partial charge in [0.05, 0.1) is 11.3 Å². The van der Waals surface area contributed by atoms with Crippen LogP contribution >= 0.6 is 0 Å². The molecule has 0 radical (unpaired) electrons. The van der Waals surface area contributed by atoms with Gasteiger partial charge in [-0.05, 0) is 37.7 Å². The topological polar surface area (TPSA) is 75.3 Å². The lowest BCUT2D eigenvalue weighted by atomic mass is 9.68. The van der Waals surface area contributed by atoms with E-state index >= 15 is 0 Å². The van der Waals surface area contributed by atoms with Crippen molar-refractivity contribution in [3.63, 3.8) is 0 Å². The van der Waals surface area contributed by atoms with Gasteiger partial charge in [-0.15, -0.1) is 0 Å². The molecule has 1 atom stereocenters. The quantitative estimate of drug-likeness (QED) is 0.859. The van der Waals surface area contributed by atoms with Gasteiger partial charge in [0.2, 0.25) is 15.9 Å². The molecule has 0 unspecified atom stereocenters. The summed E-state index contributed by atoms with van der Waals surface area (Å²) in [6, 6.07) is 9.44. The zero-order valence-electron chi connectivity index (χ0n) is 12.5. The number of carbonyl (C=O) groups excluding carboxylic acids is 1. The summed E-state index contributed by atoms with van der Waals surface area (Å²) in [5.41, 5.74) is 0.679. The molecule has 2 aliphatic rings. The van der Waals surface area contributed by atoms with Crippen LogP contribution in [0.5, 0.6) is 0 Å². The van der Waals surface area contributed by atoms with E-state index in [1.54, 1.807) is 0 Å². The van der Waals surface area contributed by atoms with Crippen molar-refractivity contribution in [1.82, 2.24) is 10.0 Å². The highest BCUT2D eigenvalue weighted by Crippen LogP contribution is 2.39. The smallest absolute Gasteiger partial charge is 0.220 e. The molecule has 1 aliphatic heterocycles. The molecule has 0 aromatic heterocycles. The molecule has 1 heterocycles. The fourth-order valence-corrected chi connectivity index (χ4v) is 4.75. The zero-order chi connectivity index (χ0) is 15.6. The molecule has 3 rings (SSSR count). The first-order valence-corrected chi connectivity index (χ1v) is 9.49. The second-order valence-corrected chi connectivity index (χ2v) is 8.19. The van der Waals surface area contributed by atoms with Crippen molar-refractivity contribution in [2.75, 3.05) is 5.75 Å². The van der Waals surface area contributed by atoms with Crippen molar-refractivity contribution in [2.24, 2.45) is 0 Å². The Hall–Kier alpha value is -1.40. The summed E-state index contributed by atoms with van der Waals surface area (Å²) in [5, 5.41) is 3.01.